The molecule has 3 rings (SSSR count). The molecule has 6 heteroatoms. The minimum atomic E-state index is -0.828. The molecule has 0 saturated carbocycles. The number of hydrogen-bond donors (Lipinski definition) is 0. The van der Waals surface area contributed by atoms with E-state index in [1.54, 1.807) is 30.3 Å². The van der Waals surface area contributed by atoms with E-state index in [0.29, 0.717) is 16.9 Å². The molecule has 2 aromatic carbocycles. The van der Waals surface area contributed by atoms with Gasteiger partial charge in [0.2, 0.25) is 11.5 Å². The molecule has 0 aliphatic rings. The van der Waals surface area contributed by atoms with Crippen LogP contribution in [0, 0.1) is 5.82 Å². The number of halogens is 1. The first-order valence-electron chi connectivity index (χ1n) is 8.12. The van der Waals surface area contributed by atoms with Crippen molar-refractivity contribution >= 4 is 17.5 Å². The van der Waals surface area contributed by atoms with Crippen LogP contribution >= 0.6 is 0 Å². The Labute approximate surface area is 154 Å². The number of esters is 1. The maximum atomic E-state index is 13.6. The van der Waals surface area contributed by atoms with Gasteiger partial charge >= 0.3 is 5.97 Å². The highest BCUT2D eigenvalue weighted by Gasteiger charge is 2.17. The van der Waals surface area contributed by atoms with Crippen molar-refractivity contribution < 1.29 is 27.9 Å². The molecule has 0 fully saturated rings. The van der Waals surface area contributed by atoms with E-state index in [1.165, 1.54) is 31.2 Å². The Morgan fingerprint density at radius 2 is 1.67 bits per heavy atom. The molecule has 0 N–H and O–H groups in total. The topological polar surface area (TPSA) is 73.6 Å². The highest BCUT2D eigenvalue weighted by Crippen LogP contribution is 2.23. The van der Waals surface area contributed by atoms with Crippen molar-refractivity contribution in [1.29, 1.82) is 0 Å². The first-order chi connectivity index (χ1) is 13.0. The van der Waals surface area contributed by atoms with E-state index in [9.17, 15) is 18.8 Å². The highest BCUT2D eigenvalue weighted by molar-refractivity contribution is 5.99. The second-order valence-corrected chi connectivity index (χ2v) is 5.78. The zero-order valence-electron chi connectivity index (χ0n) is 14.4. The lowest BCUT2D eigenvalue weighted by Gasteiger charge is -2.04. The number of benzene rings is 2. The van der Waals surface area contributed by atoms with Crippen LogP contribution in [0.4, 0.5) is 4.39 Å². The highest BCUT2D eigenvalue weighted by atomic mass is 19.1. The fourth-order valence-electron chi connectivity index (χ4n) is 2.44. The van der Waals surface area contributed by atoms with Crippen molar-refractivity contribution in [3.8, 4) is 11.3 Å². The van der Waals surface area contributed by atoms with Gasteiger partial charge in [0.05, 0.1) is 5.56 Å². The third-order valence-electron chi connectivity index (χ3n) is 3.89. The molecular weight excluding hydrogens is 351 g/mol. The largest absolute Gasteiger partial charge is 0.451 e. The zero-order chi connectivity index (χ0) is 19.4. The van der Waals surface area contributed by atoms with Crippen molar-refractivity contribution in [2.75, 3.05) is 6.61 Å². The summed E-state index contributed by atoms with van der Waals surface area (Å²) in [6.07, 6.45) is 0. The van der Waals surface area contributed by atoms with Gasteiger partial charge in [0, 0.05) is 11.1 Å². The van der Waals surface area contributed by atoms with Gasteiger partial charge in [-0.2, -0.15) is 0 Å². The molecule has 0 amide bonds. The Morgan fingerprint density at radius 1 is 0.963 bits per heavy atom. The van der Waals surface area contributed by atoms with Crippen LogP contribution in [-0.4, -0.2) is 24.1 Å². The van der Waals surface area contributed by atoms with Crippen LogP contribution in [0.2, 0.25) is 0 Å². The minimum absolute atomic E-state index is 0.0511. The third-order valence-corrected chi connectivity index (χ3v) is 3.89. The van der Waals surface area contributed by atoms with E-state index in [2.05, 4.69) is 0 Å². The predicted octanol–water partition coefficient (Wildman–Crippen LogP) is 4.33. The van der Waals surface area contributed by atoms with Crippen LogP contribution in [0.5, 0.6) is 0 Å². The molecule has 3 aromatic rings. The SMILES string of the molecule is CC(=O)c1ccc(-c2ccc(C(=O)OCC(=O)c3ccccc3F)o2)cc1. The minimum Gasteiger partial charge on any atom is -0.451 e. The predicted molar refractivity (Wildman–Crippen MR) is 95.2 cm³/mol. The molecule has 0 saturated heterocycles. The molecule has 0 unspecified atom stereocenters. The summed E-state index contributed by atoms with van der Waals surface area (Å²) in [6, 6.07) is 15.2. The van der Waals surface area contributed by atoms with Crippen molar-refractivity contribution in [1.82, 2.24) is 0 Å². The molecule has 1 heterocycles. The molecule has 0 atom stereocenters. The third kappa shape index (κ3) is 4.17. The summed E-state index contributed by atoms with van der Waals surface area (Å²) in [7, 11) is 0. The molecule has 27 heavy (non-hydrogen) atoms. The number of rotatable bonds is 6. The standard InChI is InChI=1S/C21H15FO5/c1-13(23)14-6-8-15(9-7-14)19-10-11-20(27-19)21(25)26-12-18(24)16-4-2-3-5-17(16)22/h2-11H,12H2,1H3. The second-order valence-electron chi connectivity index (χ2n) is 5.78. The summed E-state index contributed by atoms with van der Waals surface area (Å²) in [6.45, 7) is 0.877. The Hall–Kier alpha value is -3.54. The van der Waals surface area contributed by atoms with E-state index in [0.717, 1.165) is 6.07 Å². The van der Waals surface area contributed by atoms with Crippen LogP contribution < -0.4 is 0 Å². The molecule has 0 aliphatic carbocycles. The Bertz CT molecular complexity index is 1000. The summed E-state index contributed by atoms with van der Waals surface area (Å²) in [5.74, 6) is -1.86. The van der Waals surface area contributed by atoms with E-state index in [1.807, 2.05) is 0 Å². The van der Waals surface area contributed by atoms with Gasteiger partial charge in [0.1, 0.15) is 11.6 Å². The van der Waals surface area contributed by atoms with Crippen LogP contribution in [-0.2, 0) is 4.74 Å². The first-order valence-corrected chi connectivity index (χ1v) is 8.12. The van der Waals surface area contributed by atoms with Gasteiger partial charge in [-0.15, -0.1) is 0 Å². The lowest BCUT2D eigenvalue weighted by molar-refractivity contribution is 0.0443. The van der Waals surface area contributed by atoms with Crippen molar-refractivity contribution in [3.63, 3.8) is 0 Å². The zero-order valence-corrected chi connectivity index (χ0v) is 14.4. The van der Waals surface area contributed by atoms with Gasteiger partial charge in [-0.1, -0.05) is 36.4 Å². The van der Waals surface area contributed by atoms with Crippen molar-refractivity contribution in [3.05, 3.63) is 83.4 Å². The lowest BCUT2D eigenvalue weighted by Crippen LogP contribution is -2.15. The van der Waals surface area contributed by atoms with E-state index >= 15 is 0 Å². The maximum absolute atomic E-state index is 13.6. The van der Waals surface area contributed by atoms with E-state index in [-0.39, 0.29) is 17.1 Å². The van der Waals surface area contributed by atoms with E-state index < -0.39 is 24.2 Å². The van der Waals surface area contributed by atoms with Gasteiger partial charge in [-0.25, -0.2) is 9.18 Å². The van der Waals surface area contributed by atoms with Crippen LogP contribution in [0.1, 0.15) is 38.2 Å². The number of ketones is 2. The average molecular weight is 366 g/mol. The van der Waals surface area contributed by atoms with Gasteiger partial charge in [-0.05, 0) is 31.2 Å². The number of carbonyl (C=O) groups excluding carboxylic acids is 3. The second kappa shape index (κ2) is 7.78. The van der Waals surface area contributed by atoms with Gasteiger partial charge in [0.25, 0.3) is 0 Å². The van der Waals surface area contributed by atoms with Crippen molar-refractivity contribution in [2.24, 2.45) is 0 Å². The Kier molecular flexibility index (Phi) is 5.26. The number of Topliss-reactive ketones (excluding diaryl/α,β-unsaturated/α-hetero) is 2. The number of furan rings is 1. The quantitative estimate of drug-likeness (QED) is 0.480. The smallest absolute Gasteiger partial charge is 0.374 e. The molecule has 5 nitrogen and oxygen atoms in total. The Balaban J connectivity index is 1.65. The maximum Gasteiger partial charge on any atom is 0.374 e. The number of hydrogen-bond acceptors (Lipinski definition) is 5. The number of carbonyl (C=O) groups is 3. The molecule has 0 spiro atoms. The lowest BCUT2D eigenvalue weighted by atomic mass is 10.1. The summed E-state index contributed by atoms with van der Waals surface area (Å²) < 4.78 is 23.9. The molecule has 136 valence electrons. The monoisotopic (exact) mass is 366 g/mol. The molecule has 0 bridgehead atoms. The van der Waals surface area contributed by atoms with Gasteiger partial charge in [0.15, 0.2) is 12.4 Å². The normalized spacial score (nSPS) is 10.4. The van der Waals surface area contributed by atoms with Crippen LogP contribution in [0.3, 0.4) is 0 Å². The summed E-state index contributed by atoms with van der Waals surface area (Å²) in [5.41, 5.74) is 1.11. The average Bonchev–Trinajstić information content (AvgIpc) is 3.16. The van der Waals surface area contributed by atoms with Crippen molar-refractivity contribution in [2.45, 2.75) is 6.92 Å². The fourth-order valence-corrected chi connectivity index (χ4v) is 2.44. The molecular formula is C21H15FO5. The van der Waals surface area contributed by atoms with E-state index in [4.69, 9.17) is 9.15 Å². The van der Waals surface area contributed by atoms with Gasteiger partial charge in [-0.3, -0.25) is 9.59 Å². The Morgan fingerprint density at radius 3 is 2.33 bits per heavy atom. The first kappa shape index (κ1) is 18.3. The summed E-state index contributed by atoms with van der Waals surface area (Å²) in [5, 5.41) is 0. The summed E-state index contributed by atoms with van der Waals surface area (Å²) >= 11 is 0. The molecule has 0 radical (unpaired) electrons. The number of ether oxygens (including phenoxy) is 1. The summed E-state index contributed by atoms with van der Waals surface area (Å²) in [4.78, 5) is 35.3. The van der Waals surface area contributed by atoms with Gasteiger partial charge < -0.3 is 9.15 Å². The van der Waals surface area contributed by atoms with Crippen LogP contribution in [0.15, 0.2) is 65.1 Å². The molecule has 1 aromatic heterocycles. The van der Waals surface area contributed by atoms with Crippen LogP contribution in [0.25, 0.3) is 11.3 Å². The molecule has 0 aliphatic heterocycles. The fraction of sp³-hybridized carbons (Fsp3) is 0.0952.